The molecule has 0 amide bonds. The summed E-state index contributed by atoms with van der Waals surface area (Å²) in [6.07, 6.45) is 0. The molecule has 0 spiro atoms. The molecular weight excluding hydrogens is 343 g/mol. The van der Waals surface area contributed by atoms with Gasteiger partial charge in [0, 0.05) is 49.4 Å². The van der Waals surface area contributed by atoms with Crippen LogP contribution in [0, 0.1) is 49.4 Å². The molecule has 0 bridgehead atoms. The van der Waals surface area contributed by atoms with Crippen molar-refractivity contribution in [3.8, 4) is 0 Å². The Labute approximate surface area is 108 Å². The summed E-state index contributed by atoms with van der Waals surface area (Å²) < 4.78 is 8.88. The van der Waals surface area contributed by atoms with E-state index in [1.807, 2.05) is 0 Å². The second kappa shape index (κ2) is 29.4. The summed E-state index contributed by atoms with van der Waals surface area (Å²) in [6, 6.07) is 0. The van der Waals surface area contributed by atoms with Gasteiger partial charge >= 0.3 is 7.82 Å². The molecule has 0 aliphatic carbocycles. The fourth-order valence-corrected chi connectivity index (χ4v) is 0. The van der Waals surface area contributed by atoms with E-state index < -0.39 is 7.82 Å². The van der Waals surface area contributed by atoms with Gasteiger partial charge in [-0.3, -0.25) is 0 Å². The van der Waals surface area contributed by atoms with Gasteiger partial charge in [-0.1, -0.05) is 0 Å². The van der Waals surface area contributed by atoms with Crippen molar-refractivity contribution in [2.45, 2.75) is 0 Å². The van der Waals surface area contributed by atoms with Crippen LogP contribution in [-0.4, -0.2) is 47.5 Å². The molecule has 0 aromatic carbocycles. The van der Waals surface area contributed by atoms with Crippen LogP contribution in [-0.2, 0) is 4.57 Å². The molecule has 0 saturated heterocycles. The quantitative estimate of drug-likeness (QED) is 0.357. The van der Waals surface area contributed by atoms with Crippen molar-refractivity contribution >= 4 is 7.82 Å². The predicted octanol–water partition coefficient (Wildman–Crippen LogP) is -5.88. The van der Waals surface area contributed by atoms with E-state index in [0.29, 0.717) is 0 Å². The molecule has 0 unspecified atom stereocenters. The topological polar surface area (TPSA) is 267 Å². The summed E-state index contributed by atoms with van der Waals surface area (Å²) in [6.45, 7) is 0. The molecule has 0 aromatic heterocycles. The van der Waals surface area contributed by atoms with Gasteiger partial charge in [-0.25, -0.2) is 4.57 Å². The maximum Gasteiger partial charge on any atom is 0.466 e. The van der Waals surface area contributed by atoms with Crippen molar-refractivity contribution in [1.29, 1.82) is 0 Å². The molecule has 0 fully saturated rings. The Morgan fingerprint density at radius 1 is 0.667 bits per heavy atom. The van der Waals surface area contributed by atoms with E-state index in [1.165, 1.54) is 0 Å². The molecule has 10 nitrogen and oxygen atoms in total. The van der Waals surface area contributed by atoms with Crippen LogP contribution in [0.2, 0.25) is 0 Å². The standard InChI is InChI=1S/Eu.H3O4P.6H2O/c;1-5(2,3)4;;;;;;/h;(H3,1,2,3,4);6*1H2. The van der Waals surface area contributed by atoms with Crippen LogP contribution in [0.25, 0.3) is 0 Å². The Morgan fingerprint density at radius 3 is 0.667 bits per heavy atom. The average Bonchev–Trinajstić information content (AvgIpc) is 0.722. The molecule has 87 valence electrons. The van der Waals surface area contributed by atoms with Gasteiger partial charge in [0.15, 0.2) is 0 Å². The molecule has 15 N–H and O–H groups in total. The largest absolute Gasteiger partial charge is 0.466 e. The van der Waals surface area contributed by atoms with Gasteiger partial charge in [-0.2, -0.15) is 0 Å². The molecule has 0 saturated carbocycles. The van der Waals surface area contributed by atoms with Gasteiger partial charge in [0.25, 0.3) is 0 Å². The second-order valence-corrected chi connectivity index (χ2v) is 1.54. The summed E-state index contributed by atoms with van der Waals surface area (Å²) in [7, 11) is -4.64. The minimum atomic E-state index is -4.64. The summed E-state index contributed by atoms with van der Waals surface area (Å²) in [5.74, 6) is 0. The number of hydrogen-bond acceptors (Lipinski definition) is 1. The van der Waals surface area contributed by atoms with E-state index in [4.69, 9.17) is 19.2 Å². The molecule has 0 aromatic rings. The molecule has 12 heteroatoms. The minimum absolute atomic E-state index is 0. The third-order valence-electron chi connectivity index (χ3n) is 0. The Kier molecular flexibility index (Phi) is 172. The van der Waals surface area contributed by atoms with E-state index in [1.54, 1.807) is 0 Å². The third kappa shape index (κ3) is 592. The average molecular weight is 358 g/mol. The van der Waals surface area contributed by atoms with Crippen molar-refractivity contribution in [3.05, 3.63) is 0 Å². The van der Waals surface area contributed by atoms with Gasteiger partial charge in [0.2, 0.25) is 0 Å². The van der Waals surface area contributed by atoms with Crippen LogP contribution in [0.3, 0.4) is 0 Å². The predicted molar refractivity (Wildman–Crippen MR) is 35.9 cm³/mol. The number of hydrogen-bond donors (Lipinski definition) is 3. The van der Waals surface area contributed by atoms with Crippen LogP contribution in [0.5, 0.6) is 0 Å². The summed E-state index contributed by atoms with van der Waals surface area (Å²) in [5.41, 5.74) is 0. The molecule has 1 radical (unpaired) electrons. The van der Waals surface area contributed by atoms with Gasteiger partial charge in [0.05, 0.1) is 0 Å². The Hall–Kier alpha value is 1.45. The summed E-state index contributed by atoms with van der Waals surface area (Å²) >= 11 is 0. The number of phosphoric acid groups is 1. The maximum absolute atomic E-state index is 8.88. The van der Waals surface area contributed by atoms with Crippen molar-refractivity contribution in [2.75, 3.05) is 0 Å². The van der Waals surface area contributed by atoms with Crippen molar-refractivity contribution < 1.29 is 101 Å². The Morgan fingerprint density at radius 2 is 0.667 bits per heavy atom. The fourth-order valence-electron chi connectivity index (χ4n) is 0. The normalized spacial score (nSPS) is 4.92. The van der Waals surface area contributed by atoms with Crippen LogP contribution in [0.15, 0.2) is 0 Å². The molecular formula is H15EuO10P. The van der Waals surface area contributed by atoms with E-state index in [-0.39, 0.29) is 82.2 Å². The van der Waals surface area contributed by atoms with Gasteiger partial charge in [-0.15, -0.1) is 0 Å². The molecule has 0 aliphatic rings. The molecule has 0 aliphatic heterocycles. The fraction of sp³-hybridized carbons (Fsp3) is 0. The van der Waals surface area contributed by atoms with E-state index in [0.717, 1.165) is 0 Å². The molecule has 0 atom stereocenters. The minimum Gasteiger partial charge on any atom is -0.412 e. The zero-order chi connectivity index (χ0) is 4.50. The number of rotatable bonds is 0. The molecule has 0 heterocycles. The summed E-state index contributed by atoms with van der Waals surface area (Å²) in [4.78, 5) is 21.6. The van der Waals surface area contributed by atoms with Crippen LogP contribution < -0.4 is 0 Å². The smallest absolute Gasteiger partial charge is 0.412 e. The molecule has 12 heavy (non-hydrogen) atoms. The first kappa shape index (κ1) is 70.1. The Balaban J connectivity index is -0.00000000381. The van der Waals surface area contributed by atoms with Crippen LogP contribution >= 0.6 is 7.82 Å². The van der Waals surface area contributed by atoms with E-state index >= 15 is 0 Å². The van der Waals surface area contributed by atoms with Crippen molar-refractivity contribution in [1.82, 2.24) is 0 Å². The van der Waals surface area contributed by atoms with Gasteiger partial charge in [-0.05, 0) is 0 Å². The van der Waals surface area contributed by atoms with Crippen LogP contribution in [0.4, 0.5) is 0 Å². The zero-order valence-corrected chi connectivity index (χ0v) is 8.89. The SMILES string of the molecule is O.O.O.O.O.O.O=P(O)(O)O.[Eu]. The first-order valence-corrected chi connectivity index (χ1v) is 2.35. The third-order valence-corrected chi connectivity index (χ3v) is 0. The monoisotopic (exact) mass is 359 g/mol. The summed E-state index contributed by atoms with van der Waals surface area (Å²) in [5, 5.41) is 0. The molecule has 0 rings (SSSR count). The zero-order valence-electron chi connectivity index (χ0n) is 5.58. The second-order valence-electron chi connectivity index (χ2n) is 0.513. The van der Waals surface area contributed by atoms with E-state index in [9.17, 15) is 0 Å². The first-order chi connectivity index (χ1) is 2.00. The van der Waals surface area contributed by atoms with Gasteiger partial charge in [0.1, 0.15) is 0 Å². The van der Waals surface area contributed by atoms with Gasteiger partial charge < -0.3 is 47.5 Å². The van der Waals surface area contributed by atoms with Crippen molar-refractivity contribution in [3.63, 3.8) is 0 Å². The maximum atomic E-state index is 8.88. The first-order valence-electron chi connectivity index (χ1n) is 0.783. The van der Waals surface area contributed by atoms with Crippen molar-refractivity contribution in [2.24, 2.45) is 0 Å². The Bertz CT molecular complexity index is 56.0. The van der Waals surface area contributed by atoms with Crippen LogP contribution in [0.1, 0.15) is 0 Å². The van der Waals surface area contributed by atoms with E-state index in [2.05, 4.69) is 0 Å².